The first-order chi connectivity index (χ1) is 11.6. The molecule has 5 heteroatoms. The molecule has 1 saturated heterocycles. The van der Waals surface area contributed by atoms with E-state index in [1.807, 2.05) is 18.7 Å². The zero-order chi connectivity index (χ0) is 17.4. The van der Waals surface area contributed by atoms with Gasteiger partial charge in [-0.3, -0.25) is 4.79 Å². The topological polar surface area (TPSA) is 41.6 Å². The Morgan fingerprint density at radius 3 is 2.79 bits per heavy atom. The molecule has 0 aliphatic carbocycles. The van der Waals surface area contributed by atoms with Gasteiger partial charge in [0.05, 0.1) is 6.10 Å². The van der Waals surface area contributed by atoms with Crippen LogP contribution in [0.25, 0.3) is 0 Å². The molecular weight excluding hydrogens is 307 g/mol. The normalized spacial score (nSPS) is 17.9. The Morgan fingerprint density at radius 1 is 1.33 bits per heavy atom. The molecule has 4 nitrogen and oxygen atoms in total. The maximum absolute atomic E-state index is 12.9. The SMILES string of the molecule is CC(C)OCCCN1C(=O)CC[C@@H]1CCNCc1ccc(F)cc1. The molecule has 1 amide bonds. The fourth-order valence-corrected chi connectivity index (χ4v) is 3.06. The second kappa shape index (κ2) is 9.74. The number of benzene rings is 1. The maximum atomic E-state index is 12.9. The number of nitrogens with one attached hydrogen (secondary N) is 1. The van der Waals surface area contributed by atoms with Gasteiger partial charge in [-0.25, -0.2) is 4.39 Å². The zero-order valence-electron chi connectivity index (χ0n) is 14.8. The van der Waals surface area contributed by atoms with Crippen LogP contribution in [-0.4, -0.2) is 42.6 Å². The summed E-state index contributed by atoms with van der Waals surface area (Å²) in [5.74, 6) is 0.0587. The Labute approximate surface area is 144 Å². The van der Waals surface area contributed by atoms with Gasteiger partial charge in [-0.2, -0.15) is 0 Å². The van der Waals surface area contributed by atoms with Crippen molar-refractivity contribution in [3.63, 3.8) is 0 Å². The third-order valence-corrected chi connectivity index (χ3v) is 4.34. The van der Waals surface area contributed by atoms with Gasteiger partial charge in [0, 0.05) is 32.2 Å². The van der Waals surface area contributed by atoms with Gasteiger partial charge in [-0.1, -0.05) is 12.1 Å². The molecular formula is C19H29FN2O2. The smallest absolute Gasteiger partial charge is 0.222 e. The van der Waals surface area contributed by atoms with Crippen LogP contribution < -0.4 is 5.32 Å². The Kier molecular flexibility index (Phi) is 7.66. The molecule has 1 aromatic rings. The number of hydrogen-bond donors (Lipinski definition) is 1. The minimum atomic E-state index is -0.208. The number of nitrogens with zero attached hydrogens (tertiary/aromatic N) is 1. The van der Waals surface area contributed by atoms with Gasteiger partial charge in [-0.05, 0) is 57.4 Å². The van der Waals surface area contributed by atoms with Crippen molar-refractivity contribution in [3.05, 3.63) is 35.6 Å². The molecule has 0 bridgehead atoms. The van der Waals surface area contributed by atoms with Crippen LogP contribution in [0.5, 0.6) is 0 Å². The van der Waals surface area contributed by atoms with E-state index in [0.29, 0.717) is 19.1 Å². The highest BCUT2D eigenvalue weighted by Crippen LogP contribution is 2.21. The van der Waals surface area contributed by atoms with Crippen molar-refractivity contribution in [2.24, 2.45) is 0 Å². The summed E-state index contributed by atoms with van der Waals surface area (Å²) < 4.78 is 18.4. The van der Waals surface area contributed by atoms with Crippen molar-refractivity contribution < 1.29 is 13.9 Å². The van der Waals surface area contributed by atoms with E-state index in [0.717, 1.165) is 44.5 Å². The second-order valence-electron chi connectivity index (χ2n) is 6.64. The lowest BCUT2D eigenvalue weighted by atomic mass is 10.1. The van der Waals surface area contributed by atoms with Crippen molar-refractivity contribution in [1.82, 2.24) is 10.2 Å². The summed E-state index contributed by atoms with van der Waals surface area (Å²) in [6, 6.07) is 6.88. The Morgan fingerprint density at radius 2 is 2.08 bits per heavy atom. The summed E-state index contributed by atoms with van der Waals surface area (Å²) in [5.41, 5.74) is 1.07. The van der Waals surface area contributed by atoms with Gasteiger partial charge < -0.3 is 15.0 Å². The predicted octanol–water partition coefficient (Wildman–Crippen LogP) is 3.11. The average molecular weight is 336 g/mol. The number of halogens is 1. The van der Waals surface area contributed by atoms with Crippen molar-refractivity contribution in [3.8, 4) is 0 Å². The van der Waals surface area contributed by atoms with Crippen LogP contribution in [0.2, 0.25) is 0 Å². The molecule has 0 spiro atoms. The third kappa shape index (κ3) is 6.21. The van der Waals surface area contributed by atoms with Gasteiger partial charge in [0.15, 0.2) is 0 Å². The molecule has 1 fully saturated rings. The lowest BCUT2D eigenvalue weighted by Gasteiger charge is -2.25. The molecule has 0 radical (unpaired) electrons. The molecule has 1 N–H and O–H groups in total. The summed E-state index contributed by atoms with van der Waals surface area (Å²) >= 11 is 0. The summed E-state index contributed by atoms with van der Waals surface area (Å²) in [6.45, 7) is 7.12. The monoisotopic (exact) mass is 336 g/mol. The first-order valence-corrected chi connectivity index (χ1v) is 8.92. The van der Waals surface area contributed by atoms with E-state index in [1.54, 1.807) is 12.1 Å². The molecule has 1 aliphatic rings. The fourth-order valence-electron chi connectivity index (χ4n) is 3.06. The minimum absolute atomic E-state index is 0.208. The van der Waals surface area contributed by atoms with Gasteiger partial charge in [0.25, 0.3) is 0 Å². The average Bonchev–Trinajstić information content (AvgIpc) is 2.90. The van der Waals surface area contributed by atoms with E-state index < -0.39 is 0 Å². The molecule has 1 aliphatic heterocycles. The largest absolute Gasteiger partial charge is 0.379 e. The van der Waals surface area contributed by atoms with Gasteiger partial charge in [0.1, 0.15) is 5.82 Å². The summed E-state index contributed by atoms with van der Waals surface area (Å²) in [6.07, 6.45) is 3.70. The van der Waals surface area contributed by atoms with Crippen molar-refractivity contribution in [2.75, 3.05) is 19.7 Å². The molecule has 2 rings (SSSR count). The van der Waals surface area contributed by atoms with Gasteiger partial charge >= 0.3 is 0 Å². The molecule has 24 heavy (non-hydrogen) atoms. The number of likely N-dealkylation sites (tertiary alicyclic amines) is 1. The summed E-state index contributed by atoms with van der Waals surface area (Å²) in [4.78, 5) is 14.0. The van der Waals surface area contributed by atoms with Gasteiger partial charge in [0.2, 0.25) is 5.91 Å². The first kappa shape index (κ1) is 18.9. The highest BCUT2D eigenvalue weighted by molar-refractivity contribution is 5.78. The van der Waals surface area contributed by atoms with Crippen LogP contribution in [0.3, 0.4) is 0 Å². The zero-order valence-corrected chi connectivity index (χ0v) is 14.8. The Hall–Kier alpha value is -1.46. The number of amides is 1. The number of carbonyl (C=O) groups excluding carboxylic acids is 1. The molecule has 134 valence electrons. The number of hydrogen-bond acceptors (Lipinski definition) is 3. The highest BCUT2D eigenvalue weighted by Gasteiger charge is 2.29. The predicted molar refractivity (Wildman–Crippen MR) is 93.2 cm³/mol. The van der Waals surface area contributed by atoms with E-state index in [2.05, 4.69) is 5.32 Å². The second-order valence-corrected chi connectivity index (χ2v) is 6.64. The van der Waals surface area contributed by atoms with Crippen molar-refractivity contribution >= 4 is 5.91 Å². The van der Waals surface area contributed by atoms with Crippen LogP contribution in [0, 0.1) is 5.82 Å². The fraction of sp³-hybridized carbons (Fsp3) is 0.632. The van der Waals surface area contributed by atoms with E-state index in [1.165, 1.54) is 12.1 Å². The minimum Gasteiger partial charge on any atom is -0.379 e. The number of ether oxygens (including phenoxy) is 1. The quantitative estimate of drug-likeness (QED) is 0.668. The lowest BCUT2D eigenvalue weighted by molar-refractivity contribution is -0.129. The standard InChI is InChI=1S/C19H29FN2O2/c1-15(2)24-13-3-12-22-18(8-9-19(22)23)10-11-21-14-16-4-6-17(20)7-5-16/h4-7,15,18,21H,3,8-14H2,1-2H3/t18-/m1/s1. The van der Waals surface area contributed by atoms with E-state index >= 15 is 0 Å². The third-order valence-electron chi connectivity index (χ3n) is 4.34. The summed E-state index contributed by atoms with van der Waals surface area (Å²) in [5, 5.41) is 3.38. The first-order valence-electron chi connectivity index (χ1n) is 8.92. The van der Waals surface area contributed by atoms with Crippen LogP contribution in [0.1, 0.15) is 45.1 Å². The highest BCUT2D eigenvalue weighted by atomic mass is 19.1. The van der Waals surface area contributed by atoms with Crippen LogP contribution >= 0.6 is 0 Å². The lowest BCUT2D eigenvalue weighted by Crippen LogP contribution is -2.36. The van der Waals surface area contributed by atoms with E-state index in [4.69, 9.17) is 4.74 Å². The molecule has 0 aromatic heterocycles. The molecule has 1 atom stereocenters. The molecule has 1 heterocycles. The van der Waals surface area contributed by atoms with Gasteiger partial charge in [-0.15, -0.1) is 0 Å². The summed E-state index contributed by atoms with van der Waals surface area (Å²) in [7, 11) is 0. The maximum Gasteiger partial charge on any atom is 0.222 e. The number of rotatable bonds is 10. The molecule has 1 aromatic carbocycles. The van der Waals surface area contributed by atoms with Crippen LogP contribution in [-0.2, 0) is 16.1 Å². The number of carbonyl (C=O) groups is 1. The van der Waals surface area contributed by atoms with E-state index in [-0.39, 0.29) is 17.8 Å². The van der Waals surface area contributed by atoms with Crippen molar-refractivity contribution in [2.45, 2.75) is 58.2 Å². The Balaban J connectivity index is 1.66. The van der Waals surface area contributed by atoms with E-state index in [9.17, 15) is 9.18 Å². The van der Waals surface area contributed by atoms with Crippen LogP contribution in [0.4, 0.5) is 4.39 Å². The molecule has 0 unspecified atom stereocenters. The molecule has 0 saturated carbocycles. The van der Waals surface area contributed by atoms with Crippen LogP contribution in [0.15, 0.2) is 24.3 Å². The Bertz CT molecular complexity index is 505. The van der Waals surface area contributed by atoms with Crippen molar-refractivity contribution in [1.29, 1.82) is 0 Å².